The van der Waals surface area contributed by atoms with Gasteiger partial charge in [0.05, 0.1) is 16.8 Å². The molecule has 2 aliphatic rings. The van der Waals surface area contributed by atoms with Crippen LogP contribution < -0.4 is 5.32 Å². The summed E-state index contributed by atoms with van der Waals surface area (Å²) < 4.78 is 6.80. The van der Waals surface area contributed by atoms with E-state index in [2.05, 4.69) is 16.4 Å². The van der Waals surface area contributed by atoms with Gasteiger partial charge in [-0.05, 0) is 37.4 Å². The molecule has 2 fully saturated rings. The van der Waals surface area contributed by atoms with Crippen LogP contribution >= 0.6 is 11.3 Å². The maximum absolute atomic E-state index is 12.4. The van der Waals surface area contributed by atoms with Crippen molar-refractivity contribution in [3.63, 3.8) is 0 Å². The first-order valence-electron chi connectivity index (χ1n) is 8.23. The van der Waals surface area contributed by atoms with Crippen LogP contribution in [0, 0.1) is 5.92 Å². The molecule has 2 unspecified atom stereocenters. The highest BCUT2D eigenvalue weighted by Crippen LogP contribution is 2.29. The number of likely N-dealkylation sites (tertiary alicyclic amines) is 1. The third-order valence-corrected chi connectivity index (χ3v) is 5.85. The molecule has 2 aliphatic heterocycles. The fraction of sp³-hybridized carbons (Fsp3) is 0.529. The van der Waals surface area contributed by atoms with Gasteiger partial charge in [-0.25, -0.2) is 4.98 Å². The van der Waals surface area contributed by atoms with Gasteiger partial charge in [0.25, 0.3) is 0 Å². The molecule has 23 heavy (non-hydrogen) atoms. The number of fused-ring (bicyclic) bond motifs is 2. The van der Waals surface area contributed by atoms with E-state index < -0.39 is 0 Å². The molecule has 2 saturated heterocycles. The monoisotopic (exact) mass is 331 g/mol. The minimum Gasteiger partial charge on any atom is -0.364 e. The molecule has 2 aromatic rings. The second-order valence-corrected chi connectivity index (χ2v) is 7.38. The molecule has 1 amide bonds. The number of piperidine rings is 1. The molecule has 4 rings (SSSR count). The number of amides is 1. The van der Waals surface area contributed by atoms with Crippen LogP contribution in [-0.2, 0) is 16.1 Å². The van der Waals surface area contributed by atoms with Crippen molar-refractivity contribution >= 4 is 27.5 Å². The van der Waals surface area contributed by atoms with Crippen LogP contribution in [0.4, 0.5) is 0 Å². The van der Waals surface area contributed by atoms with Gasteiger partial charge in [0.2, 0.25) is 5.91 Å². The number of carbonyl (C=O) groups is 1. The molecule has 5 nitrogen and oxygen atoms in total. The van der Waals surface area contributed by atoms with Crippen LogP contribution in [0.1, 0.15) is 17.8 Å². The number of ether oxygens (including phenoxy) is 1. The van der Waals surface area contributed by atoms with E-state index in [0.29, 0.717) is 18.6 Å². The van der Waals surface area contributed by atoms with Crippen molar-refractivity contribution in [1.82, 2.24) is 15.2 Å². The number of hydrogen-bond donors (Lipinski definition) is 1. The van der Waals surface area contributed by atoms with E-state index in [-0.39, 0.29) is 12.5 Å². The van der Waals surface area contributed by atoms with E-state index in [1.807, 2.05) is 23.1 Å². The molecule has 1 N–H and O–H groups in total. The first kappa shape index (κ1) is 15.1. The lowest BCUT2D eigenvalue weighted by atomic mass is 9.93. The summed E-state index contributed by atoms with van der Waals surface area (Å²) in [4.78, 5) is 19.0. The first-order valence-corrected chi connectivity index (χ1v) is 9.05. The maximum atomic E-state index is 12.4. The minimum atomic E-state index is 0.113. The fourth-order valence-electron chi connectivity index (χ4n) is 3.67. The Morgan fingerprint density at radius 3 is 3.22 bits per heavy atom. The lowest BCUT2D eigenvalue weighted by Gasteiger charge is -2.32. The van der Waals surface area contributed by atoms with Gasteiger partial charge in [0, 0.05) is 19.1 Å². The molecule has 0 aliphatic carbocycles. The fourth-order valence-corrected chi connectivity index (χ4v) is 4.57. The Balaban J connectivity index is 1.31. The summed E-state index contributed by atoms with van der Waals surface area (Å²) in [5.74, 6) is 0.784. The summed E-state index contributed by atoms with van der Waals surface area (Å²) in [6.45, 7) is 3.44. The van der Waals surface area contributed by atoms with Gasteiger partial charge >= 0.3 is 0 Å². The van der Waals surface area contributed by atoms with Crippen molar-refractivity contribution in [3.05, 3.63) is 29.3 Å². The van der Waals surface area contributed by atoms with Gasteiger partial charge in [-0.15, -0.1) is 11.3 Å². The van der Waals surface area contributed by atoms with E-state index >= 15 is 0 Å². The van der Waals surface area contributed by atoms with E-state index in [1.165, 1.54) is 6.42 Å². The van der Waals surface area contributed by atoms with Crippen LogP contribution in [-0.4, -0.2) is 48.1 Å². The van der Waals surface area contributed by atoms with E-state index in [1.54, 1.807) is 11.3 Å². The third kappa shape index (κ3) is 3.11. The van der Waals surface area contributed by atoms with E-state index in [4.69, 9.17) is 4.74 Å². The van der Waals surface area contributed by atoms with Crippen LogP contribution in [0.25, 0.3) is 10.2 Å². The summed E-state index contributed by atoms with van der Waals surface area (Å²) in [5, 5.41) is 4.32. The number of aromatic nitrogens is 1. The quantitative estimate of drug-likeness (QED) is 0.931. The largest absolute Gasteiger partial charge is 0.364 e. The van der Waals surface area contributed by atoms with Gasteiger partial charge in [-0.2, -0.15) is 0 Å². The van der Waals surface area contributed by atoms with Gasteiger partial charge in [0.1, 0.15) is 11.6 Å². The Kier molecular flexibility index (Phi) is 4.29. The highest BCUT2D eigenvalue weighted by Gasteiger charge is 2.37. The number of hydrogen-bond acceptors (Lipinski definition) is 5. The molecular formula is C17H21N3O2S. The standard InChI is InChI=1S/C17H21N3O2S/c21-17(20-8-6-12-5-7-18-9-14(12)20)11-22-10-16-19-13-3-1-2-4-15(13)23-16/h1-4,12,14,18H,5-11H2. The average Bonchev–Trinajstić information content (AvgIpc) is 3.18. The number of thiazole rings is 1. The number of nitrogens with one attached hydrogen (secondary N) is 1. The second-order valence-electron chi connectivity index (χ2n) is 6.26. The maximum Gasteiger partial charge on any atom is 0.248 e. The highest BCUT2D eigenvalue weighted by molar-refractivity contribution is 7.18. The second kappa shape index (κ2) is 6.55. The zero-order valence-electron chi connectivity index (χ0n) is 13.0. The van der Waals surface area contributed by atoms with Crippen LogP contribution in [0.3, 0.4) is 0 Å². The van der Waals surface area contributed by atoms with Crippen molar-refractivity contribution < 1.29 is 9.53 Å². The molecule has 3 heterocycles. The normalized spacial score (nSPS) is 24.1. The van der Waals surface area contributed by atoms with E-state index in [9.17, 15) is 4.79 Å². The zero-order chi connectivity index (χ0) is 15.6. The molecule has 0 radical (unpaired) electrons. The summed E-state index contributed by atoms with van der Waals surface area (Å²) in [6, 6.07) is 8.42. The molecule has 1 aromatic heterocycles. The van der Waals surface area contributed by atoms with E-state index in [0.717, 1.165) is 41.3 Å². The predicted octanol–water partition coefficient (Wildman–Crippen LogP) is 2.02. The topological polar surface area (TPSA) is 54.5 Å². The Bertz CT molecular complexity index is 669. The summed E-state index contributed by atoms with van der Waals surface area (Å²) in [5.41, 5.74) is 0.998. The Hall–Kier alpha value is -1.50. The molecule has 0 saturated carbocycles. The van der Waals surface area contributed by atoms with Crippen molar-refractivity contribution in [2.24, 2.45) is 5.92 Å². The Morgan fingerprint density at radius 1 is 1.39 bits per heavy atom. The summed E-state index contributed by atoms with van der Waals surface area (Å²) in [6.07, 6.45) is 2.32. The number of benzene rings is 1. The van der Waals surface area contributed by atoms with Crippen molar-refractivity contribution in [2.75, 3.05) is 26.2 Å². The molecule has 122 valence electrons. The number of para-hydroxylation sites is 1. The zero-order valence-corrected chi connectivity index (χ0v) is 13.8. The van der Waals surface area contributed by atoms with Gasteiger partial charge in [0.15, 0.2) is 0 Å². The van der Waals surface area contributed by atoms with Crippen LogP contribution in [0.5, 0.6) is 0 Å². The summed E-state index contributed by atoms with van der Waals surface area (Å²) in [7, 11) is 0. The average molecular weight is 331 g/mol. The Morgan fingerprint density at radius 2 is 2.30 bits per heavy atom. The molecule has 0 bridgehead atoms. The first-order chi connectivity index (χ1) is 11.3. The molecule has 1 aromatic carbocycles. The lowest BCUT2D eigenvalue weighted by molar-refractivity contribution is -0.137. The van der Waals surface area contributed by atoms with Crippen molar-refractivity contribution in [3.8, 4) is 0 Å². The van der Waals surface area contributed by atoms with Crippen LogP contribution in [0.2, 0.25) is 0 Å². The van der Waals surface area contributed by atoms with Crippen molar-refractivity contribution in [2.45, 2.75) is 25.5 Å². The lowest BCUT2D eigenvalue weighted by Crippen LogP contribution is -2.48. The highest BCUT2D eigenvalue weighted by atomic mass is 32.1. The van der Waals surface area contributed by atoms with Gasteiger partial charge < -0.3 is 15.0 Å². The number of rotatable bonds is 4. The number of nitrogens with zero attached hydrogens (tertiary/aromatic N) is 2. The van der Waals surface area contributed by atoms with Crippen molar-refractivity contribution in [1.29, 1.82) is 0 Å². The van der Waals surface area contributed by atoms with Gasteiger partial charge in [-0.3, -0.25) is 4.79 Å². The molecule has 6 heteroatoms. The predicted molar refractivity (Wildman–Crippen MR) is 90.4 cm³/mol. The molecule has 0 spiro atoms. The number of carbonyl (C=O) groups excluding carboxylic acids is 1. The molecule has 2 atom stereocenters. The third-order valence-electron chi connectivity index (χ3n) is 4.84. The Labute approximate surface area is 139 Å². The molecular weight excluding hydrogens is 310 g/mol. The smallest absolute Gasteiger partial charge is 0.248 e. The van der Waals surface area contributed by atoms with Crippen LogP contribution in [0.15, 0.2) is 24.3 Å². The minimum absolute atomic E-state index is 0.113. The van der Waals surface area contributed by atoms with Gasteiger partial charge in [-0.1, -0.05) is 12.1 Å². The summed E-state index contributed by atoms with van der Waals surface area (Å²) >= 11 is 1.63. The SMILES string of the molecule is O=C(COCc1nc2ccccc2s1)N1CCC2CCNCC21.